The van der Waals surface area contributed by atoms with Gasteiger partial charge in [-0.05, 0) is 18.9 Å². The van der Waals surface area contributed by atoms with Crippen molar-refractivity contribution in [2.45, 2.75) is 37.2 Å². The van der Waals surface area contributed by atoms with E-state index in [0.717, 1.165) is 36.3 Å². The number of rotatable bonds is 9. The van der Waals surface area contributed by atoms with E-state index in [1.54, 1.807) is 0 Å². The van der Waals surface area contributed by atoms with Gasteiger partial charge in [0.05, 0.1) is 11.7 Å². The third kappa shape index (κ3) is 5.44. The van der Waals surface area contributed by atoms with Crippen molar-refractivity contribution in [1.82, 2.24) is 15.6 Å². The number of pyridine rings is 1. The van der Waals surface area contributed by atoms with Crippen molar-refractivity contribution in [3.63, 3.8) is 0 Å². The number of thioether (sulfide) groups is 1. The van der Waals surface area contributed by atoms with Gasteiger partial charge in [-0.15, -0.1) is 23.1 Å². The smallest absolute Gasteiger partial charge is 0.329 e. The van der Waals surface area contributed by atoms with Gasteiger partial charge in [0.15, 0.2) is 35.3 Å². The molecule has 0 aromatic carbocycles. The summed E-state index contributed by atoms with van der Waals surface area (Å²) in [5.74, 6) is -3.44. The molecule has 0 saturated carbocycles. The average Bonchev–Trinajstić information content (AvgIpc) is 3.50. The Morgan fingerprint density at radius 3 is 2.92 bits per heavy atom. The van der Waals surface area contributed by atoms with Crippen molar-refractivity contribution in [2.24, 2.45) is 5.16 Å². The van der Waals surface area contributed by atoms with E-state index < -0.39 is 29.3 Å². The molecule has 36 heavy (non-hydrogen) atoms. The summed E-state index contributed by atoms with van der Waals surface area (Å²) in [6.07, 6.45) is 4.85. The summed E-state index contributed by atoms with van der Waals surface area (Å²) in [5, 5.41) is 31.3. The Bertz CT molecular complexity index is 1260. The first-order valence-corrected chi connectivity index (χ1v) is 12.9. The topological polar surface area (TPSA) is 183 Å². The molecule has 1 amide bonds. The molecule has 3 heterocycles. The number of nitrogen functional groups attached to an aromatic ring is 1. The summed E-state index contributed by atoms with van der Waals surface area (Å²) < 4.78 is 2.02. The van der Waals surface area contributed by atoms with Crippen molar-refractivity contribution in [3.8, 4) is 0 Å². The number of thiazole rings is 1. The molecule has 5 N–H and O–H groups in total. The molecule has 0 spiro atoms. The van der Waals surface area contributed by atoms with Crippen LogP contribution in [0, 0.1) is 0 Å². The van der Waals surface area contributed by atoms with E-state index in [1.165, 1.54) is 29.8 Å². The van der Waals surface area contributed by atoms with Gasteiger partial charge in [-0.3, -0.25) is 4.79 Å². The number of hydrogen-bond acceptors (Lipinski definition) is 11. The van der Waals surface area contributed by atoms with Gasteiger partial charge in [0.2, 0.25) is 0 Å². The molecule has 0 radical (unpaired) electrons. The number of amides is 1. The fourth-order valence-corrected chi connectivity index (χ4v) is 5.93. The van der Waals surface area contributed by atoms with Crippen LogP contribution in [0.4, 0.5) is 5.13 Å². The highest BCUT2D eigenvalue weighted by Gasteiger charge is 2.36. The zero-order valence-corrected chi connectivity index (χ0v) is 20.9. The van der Waals surface area contributed by atoms with Crippen LogP contribution >= 0.6 is 23.1 Å². The first kappa shape index (κ1) is 25.4. The lowest BCUT2D eigenvalue weighted by molar-refractivity contribution is -0.696. The number of aryl methyl sites for hydroxylation is 1. The van der Waals surface area contributed by atoms with E-state index in [-0.39, 0.29) is 28.0 Å². The van der Waals surface area contributed by atoms with Gasteiger partial charge in [0.1, 0.15) is 18.2 Å². The van der Waals surface area contributed by atoms with Crippen molar-refractivity contribution >= 4 is 51.8 Å². The molecule has 2 aromatic heterocycles. The Morgan fingerprint density at radius 2 is 2.25 bits per heavy atom. The van der Waals surface area contributed by atoms with Crippen LogP contribution in [0.3, 0.4) is 0 Å². The van der Waals surface area contributed by atoms with Crippen LogP contribution in [0.1, 0.15) is 23.4 Å². The van der Waals surface area contributed by atoms with E-state index >= 15 is 0 Å². The molecule has 190 valence electrons. The summed E-state index contributed by atoms with van der Waals surface area (Å²) in [7, 11) is 1.23. The van der Waals surface area contributed by atoms with Crippen LogP contribution in [0.5, 0.6) is 0 Å². The van der Waals surface area contributed by atoms with Gasteiger partial charge in [0, 0.05) is 34.8 Å². The molecule has 0 fully saturated rings. The van der Waals surface area contributed by atoms with Gasteiger partial charge in [0.25, 0.3) is 5.91 Å². The maximum Gasteiger partial charge on any atom is 0.329 e. The van der Waals surface area contributed by atoms with Crippen molar-refractivity contribution in [3.05, 3.63) is 51.9 Å². The third-order valence-electron chi connectivity index (χ3n) is 5.80. The summed E-state index contributed by atoms with van der Waals surface area (Å²) in [5.41, 5.74) is 8.28. The number of anilines is 1. The normalized spacial score (nSPS) is 18.2. The van der Waals surface area contributed by atoms with Gasteiger partial charge < -0.3 is 36.2 Å². The van der Waals surface area contributed by atoms with E-state index in [9.17, 15) is 24.6 Å². The number of hydrogen-bond donors (Lipinski definition) is 4. The standard InChI is InChI=1S/C22H24N6O6S2/c1-34-27-16(13-10-36-22(23)24-13)18(29)25-17(21(32)33)19-26-15(20(30)31)12(9-35-19)8-28-7-3-5-11-4-2-6-14(11)28/h3,5,7,10,17,19,26H,2,4,6,8-9H2,1H3,(H4-,23,24,25,29,30,31,32,33)/b27-16-/t17-,19+/m0/s1. The van der Waals surface area contributed by atoms with Crippen LogP contribution in [-0.4, -0.2) is 57.9 Å². The maximum atomic E-state index is 12.9. The highest BCUT2D eigenvalue weighted by molar-refractivity contribution is 8.00. The molecule has 0 saturated heterocycles. The van der Waals surface area contributed by atoms with Crippen LogP contribution in [0.15, 0.2) is 40.1 Å². The molecule has 2 aliphatic rings. The Labute approximate surface area is 214 Å². The Balaban J connectivity index is 1.55. The van der Waals surface area contributed by atoms with Crippen molar-refractivity contribution in [1.29, 1.82) is 0 Å². The quantitative estimate of drug-likeness (QED) is 0.174. The minimum absolute atomic E-state index is 0.121. The summed E-state index contributed by atoms with van der Waals surface area (Å²) in [4.78, 5) is 45.7. The predicted molar refractivity (Wildman–Crippen MR) is 130 cm³/mol. The maximum absolute atomic E-state index is 12.9. The molecule has 4 rings (SSSR count). The van der Waals surface area contributed by atoms with Crippen LogP contribution < -0.4 is 26.0 Å². The number of nitrogens with one attached hydrogen (secondary N) is 2. The van der Waals surface area contributed by atoms with E-state index in [0.29, 0.717) is 12.1 Å². The Kier molecular flexibility index (Phi) is 7.74. The average molecular weight is 533 g/mol. The summed E-state index contributed by atoms with van der Waals surface area (Å²) >= 11 is 2.25. The fourth-order valence-electron chi connectivity index (χ4n) is 4.19. The first-order chi connectivity index (χ1) is 17.3. The number of carboxylic acids is 2. The number of carbonyl (C=O) groups is 3. The Hall–Kier alpha value is -3.65. The highest BCUT2D eigenvalue weighted by atomic mass is 32.2. The van der Waals surface area contributed by atoms with Crippen LogP contribution in [0.25, 0.3) is 0 Å². The minimum atomic E-state index is -1.50. The lowest BCUT2D eigenvalue weighted by Crippen LogP contribution is -2.57. The second-order valence-electron chi connectivity index (χ2n) is 8.09. The zero-order valence-electron chi connectivity index (χ0n) is 19.2. The molecule has 2 aromatic rings. The molecule has 2 atom stereocenters. The molecule has 0 unspecified atom stereocenters. The van der Waals surface area contributed by atoms with Gasteiger partial charge in [-0.2, -0.15) is 4.57 Å². The molecule has 0 bridgehead atoms. The number of fused-ring (bicyclic) bond motifs is 1. The lowest BCUT2D eigenvalue weighted by Gasteiger charge is -2.32. The number of aromatic nitrogens is 2. The lowest BCUT2D eigenvalue weighted by atomic mass is 10.1. The molecule has 12 nitrogen and oxygen atoms in total. The monoisotopic (exact) mass is 532 g/mol. The van der Waals surface area contributed by atoms with Crippen molar-refractivity contribution in [2.75, 3.05) is 18.6 Å². The molecule has 1 aliphatic heterocycles. The molecule has 1 aliphatic carbocycles. The predicted octanol–water partition coefficient (Wildman–Crippen LogP) is -1.21. The largest absolute Gasteiger partial charge is 0.543 e. The van der Waals surface area contributed by atoms with Crippen LogP contribution in [0.2, 0.25) is 0 Å². The number of aliphatic carboxylic acids is 2. The fraction of sp³-hybridized carbons (Fsp3) is 0.364. The molecular formula is C22H24N6O6S2. The second-order valence-corrected chi connectivity index (χ2v) is 10.1. The van der Waals surface area contributed by atoms with Gasteiger partial charge in [-0.25, -0.2) is 9.78 Å². The number of carboxylic acid groups (broad SMARTS) is 2. The minimum Gasteiger partial charge on any atom is -0.543 e. The number of oxime groups is 1. The Morgan fingerprint density at radius 1 is 1.44 bits per heavy atom. The van der Waals surface area contributed by atoms with E-state index in [2.05, 4.69) is 26.8 Å². The molecular weight excluding hydrogens is 508 g/mol. The SMILES string of the molecule is CO/N=C(\C(=O)N[C@H](C(=O)O)[C@@H]1NC(C(=O)[O-])=C(C[n+]2cccc3c2CCC3)CS1)c1csc(N)n1. The number of carbonyl (C=O) groups excluding carboxylic acids is 2. The van der Waals surface area contributed by atoms with E-state index in [1.807, 2.05) is 16.8 Å². The summed E-state index contributed by atoms with van der Waals surface area (Å²) in [6.45, 7) is 0.333. The second kappa shape index (κ2) is 11.0. The first-order valence-electron chi connectivity index (χ1n) is 11.0. The number of nitrogens with zero attached hydrogens (tertiary/aromatic N) is 3. The van der Waals surface area contributed by atoms with Gasteiger partial charge >= 0.3 is 5.97 Å². The van der Waals surface area contributed by atoms with Crippen LogP contribution in [-0.2, 0) is 38.6 Å². The van der Waals surface area contributed by atoms with Crippen molar-refractivity contribution < 1.29 is 34.0 Å². The van der Waals surface area contributed by atoms with Gasteiger partial charge in [-0.1, -0.05) is 5.16 Å². The number of nitrogens with two attached hydrogens (primary N) is 1. The van der Waals surface area contributed by atoms with E-state index in [4.69, 9.17) is 10.6 Å². The highest BCUT2D eigenvalue weighted by Crippen LogP contribution is 2.26. The summed E-state index contributed by atoms with van der Waals surface area (Å²) in [6, 6.07) is 2.50. The molecule has 14 heteroatoms. The zero-order chi connectivity index (χ0) is 25.8. The third-order valence-corrected chi connectivity index (χ3v) is 7.74.